The molecule has 0 radical (unpaired) electrons. The van der Waals surface area contributed by atoms with E-state index >= 15 is 0 Å². The summed E-state index contributed by atoms with van der Waals surface area (Å²) in [5.74, 6) is 0.344. The molecule has 7 nitrogen and oxygen atoms in total. The largest absolute Gasteiger partial charge is 0.497 e. The summed E-state index contributed by atoms with van der Waals surface area (Å²) in [5, 5.41) is 12.9. The fourth-order valence-corrected chi connectivity index (χ4v) is 3.23. The maximum Gasteiger partial charge on any atom is 0.335 e. The van der Waals surface area contributed by atoms with Crippen LogP contribution in [-0.2, 0) is 17.6 Å². The zero-order valence-corrected chi connectivity index (χ0v) is 16.5. The quantitative estimate of drug-likeness (QED) is 0.482. The van der Waals surface area contributed by atoms with Gasteiger partial charge in [0.1, 0.15) is 11.5 Å². The Hall–Kier alpha value is -3.48. The van der Waals surface area contributed by atoms with E-state index in [0.717, 1.165) is 40.9 Å². The van der Waals surface area contributed by atoms with E-state index in [2.05, 4.69) is 10.3 Å². The van der Waals surface area contributed by atoms with Gasteiger partial charge in [-0.1, -0.05) is 12.1 Å². The molecule has 1 heterocycles. The highest BCUT2D eigenvalue weighted by Crippen LogP contribution is 2.31. The molecule has 0 aliphatic heterocycles. The van der Waals surface area contributed by atoms with Gasteiger partial charge < -0.3 is 24.9 Å². The zero-order chi connectivity index (χ0) is 20.8. The standard InChI is InChI=1S/C22H24N2O5/c1-28-17-12-19-18(20(13-17)29-2)11-16(24-19)7-4-8-23-21(25)10-14-5-3-6-15(9-14)22(26)27/h3,5-6,9,11-13,24H,4,7-8,10H2,1-2H3,(H,23,25)(H,26,27). The van der Waals surface area contributed by atoms with E-state index in [1.54, 1.807) is 26.4 Å². The van der Waals surface area contributed by atoms with Crippen molar-refractivity contribution in [2.45, 2.75) is 19.3 Å². The molecule has 3 rings (SSSR count). The van der Waals surface area contributed by atoms with Crippen molar-refractivity contribution in [1.82, 2.24) is 10.3 Å². The molecule has 0 atom stereocenters. The lowest BCUT2D eigenvalue weighted by atomic mass is 10.1. The molecule has 29 heavy (non-hydrogen) atoms. The van der Waals surface area contributed by atoms with Gasteiger partial charge in [0.2, 0.25) is 5.91 Å². The number of fused-ring (bicyclic) bond motifs is 1. The van der Waals surface area contributed by atoms with Gasteiger partial charge in [0.25, 0.3) is 0 Å². The maximum atomic E-state index is 12.1. The zero-order valence-electron chi connectivity index (χ0n) is 16.5. The number of carbonyl (C=O) groups excluding carboxylic acids is 1. The molecule has 7 heteroatoms. The van der Waals surface area contributed by atoms with Gasteiger partial charge in [-0.25, -0.2) is 4.79 Å². The predicted molar refractivity (Wildman–Crippen MR) is 110 cm³/mol. The van der Waals surface area contributed by atoms with Gasteiger partial charge in [-0.3, -0.25) is 4.79 Å². The average Bonchev–Trinajstić information content (AvgIpc) is 3.13. The number of carbonyl (C=O) groups is 2. The Morgan fingerprint density at radius 2 is 1.93 bits per heavy atom. The number of benzene rings is 2. The van der Waals surface area contributed by atoms with E-state index in [0.29, 0.717) is 12.1 Å². The van der Waals surface area contributed by atoms with Crippen LogP contribution >= 0.6 is 0 Å². The highest BCUT2D eigenvalue weighted by atomic mass is 16.5. The van der Waals surface area contributed by atoms with E-state index in [9.17, 15) is 9.59 Å². The molecule has 0 spiro atoms. The normalized spacial score (nSPS) is 10.7. The number of carboxylic acid groups (broad SMARTS) is 1. The van der Waals surface area contributed by atoms with E-state index in [1.165, 1.54) is 12.1 Å². The summed E-state index contributed by atoms with van der Waals surface area (Å²) in [4.78, 5) is 26.5. The van der Waals surface area contributed by atoms with Crippen molar-refractivity contribution < 1.29 is 24.2 Å². The Labute approximate surface area is 168 Å². The Bertz CT molecular complexity index is 1030. The summed E-state index contributed by atoms with van der Waals surface area (Å²) >= 11 is 0. The average molecular weight is 396 g/mol. The Morgan fingerprint density at radius 1 is 1.10 bits per heavy atom. The first kappa shape index (κ1) is 20.3. The third-order valence-electron chi connectivity index (χ3n) is 4.67. The van der Waals surface area contributed by atoms with Crippen LogP contribution in [0, 0.1) is 0 Å². The molecular formula is C22H24N2O5. The van der Waals surface area contributed by atoms with Crippen LogP contribution in [0.3, 0.4) is 0 Å². The first-order chi connectivity index (χ1) is 14.0. The molecule has 2 aromatic carbocycles. The second kappa shape index (κ2) is 9.14. The summed E-state index contributed by atoms with van der Waals surface area (Å²) in [5.41, 5.74) is 2.86. The van der Waals surface area contributed by atoms with E-state index in [-0.39, 0.29) is 17.9 Å². The monoisotopic (exact) mass is 396 g/mol. The van der Waals surface area contributed by atoms with Crippen molar-refractivity contribution in [3.63, 3.8) is 0 Å². The molecule has 3 N–H and O–H groups in total. The molecule has 0 saturated carbocycles. The fourth-order valence-electron chi connectivity index (χ4n) is 3.23. The van der Waals surface area contributed by atoms with Crippen molar-refractivity contribution in [3.8, 4) is 11.5 Å². The van der Waals surface area contributed by atoms with Crippen LogP contribution in [-0.4, -0.2) is 42.7 Å². The molecule has 152 valence electrons. The highest BCUT2D eigenvalue weighted by molar-refractivity contribution is 5.89. The van der Waals surface area contributed by atoms with E-state index < -0.39 is 5.97 Å². The van der Waals surface area contributed by atoms with E-state index in [4.69, 9.17) is 14.6 Å². The van der Waals surface area contributed by atoms with Gasteiger partial charge in [-0.2, -0.15) is 0 Å². The lowest BCUT2D eigenvalue weighted by molar-refractivity contribution is -0.120. The van der Waals surface area contributed by atoms with E-state index in [1.807, 2.05) is 18.2 Å². The smallest absolute Gasteiger partial charge is 0.335 e. The van der Waals surface area contributed by atoms with Gasteiger partial charge in [0, 0.05) is 29.8 Å². The lowest BCUT2D eigenvalue weighted by Gasteiger charge is -2.05. The number of hydrogen-bond donors (Lipinski definition) is 3. The molecule has 0 unspecified atom stereocenters. The Morgan fingerprint density at radius 3 is 2.66 bits per heavy atom. The van der Waals surface area contributed by atoms with Crippen LogP contribution in [0.4, 0.5) is 0 Å². The molecular weight excluding hydrogens is 372 g/mol. The number of rotatable bonds is 9. The molecule has 0 aliphatic rings. The number of aromatic carboxylic acids is 1. The van der Waals surface area contributed by atoms with Crippen LogP contribution in [0.5, 0.6) is 11.5 Å². The number of aryl methyl sites for hydroxylation is 1. The third-order valence-corrected chi connectivity index (χ3v) is 4.67. The van der Waals surface area contributed by atoms with Gasteiger partial charge in [0.15, 0.2) is 0 Å². The van der Waals surface area contributed by atoms with Gasteiger partial charge >= 0.3 is 5.97 Å². The molecule has 1 amide bonds. The highest BCUT2D eigenvalue weighted by Gasteiger charge is 2.10. The van der Waals surface area contributed by atoms with Crippen LogP contribution < -0.4 is 14.8 Å². The Balaban J connectivity index is 1.52. The number of amides is 1. The first-order valence-corrected chi connectivity index (χ1v) is 9.32. The molecule has 0 fully saturated rings. The second-order valence-corrected chi connectivity index (χ2v) is 6.72. The molecule has 0 aliphatic carbocycles. The van der Waals surface area contributed by atoms with Crippen LogP contribution in [0.15, 0.2) is 42.5 Å². The van der Waals surface area contributed by atoms with Crippen LogP contribution in [0.1, 0.15) is 28.0 Å². The minimum Gasteiger partial charge on any atom is -0.497 e. The van der Waals surface area contributed by atoms with Crippen molar-refractivity contribution in [2.24, 2.45) is 0 Å². The number of aromatic amines is 1. The van der Waals surface area contributed by atoms with Crippen molar-refractivity contribution in [1.29, 1.82) is 0 Å². The lowest BCUT2D eigenvalue weighted by Crippen LogP contribution is -2.26. The summed E-state index contributed by atoms with van der Waals surface area (Å²) in [6.45, 7) is 0.535. The number of methoxy groups -OCH3 is 2. The number of nitrogens with one attached hydrogen (secondary N) is 2. The van der Waals surface area contributed by atoms with Crippen molar-refractivity contribution >= 4 is 22.8 Å². The number of carboxylic acids is 1. The molecule has 3 aromatic rings. The first-order valence-electron chi connectivity index (χ1n) is 9.32. The minimum absolute atomic E-state index is 0.129. The number of aromatic nitrogens is 1. The topological polar surface area (TPSA) is 101 Å². The summed E-state index contributed by atoms with van der Waals surface area (Å²) in [6.07, 6.45) is 1.70. The summed E-state index contributed by atoms with van der Waals surface area (Å²) < 4.78 is 10.7. The van der Waals surface area contributed by atoms with Crippen LogP contribution in [0.25, 0.3) is 10.9 Å². The molecule has 1 aromatic heterocycles. The third kappa shape index (κ3) is 5.07. The summed E-state index contributed by atoms with van der Waals surface area (Å²) in [7, 11) is 3.24. The van der Waals surface area contributed by atoms with Crippen LogP contribution in [0.2, 0.25) is 0 Å². The SMILES string of the molecule is COc1cc(OC)c2cc(CCCNC(=O)Cc3cccc(C(=O)O)c3)[nH]c2c1. The number of ether oxygens (including phenoxy) is 2. The molecule has 0 saturated heterocycles. The minimum atomic E-state index is -1.00. The van der Waals surface area contributed by atoms with Gasteiger partial charge in [-0.15, -0.1) is 0 Å². The van der Waals surface area contributed by atoms with Gasteiger partial charge in [0.05, 0.1) is 31.7 Å². The van der Waals surface area contributed by atoms with Crippen molar-refractivity contribution in [2.75, 3.05) is 20.8 Å². The maximum absolute atomic E-state index is 12.1. The Kier molecular flexibility index (Phi) is 6.39. The van der Waals surface area contributed by atoms with Crippen molar-refractivity contribution in [3.05, 3.63) is 59.3 Å². The fraction of sp³-hybridized carbons (Fsp3) is 0.273. The summed E-state index contributed by atoms with van der Waals surface area (Å²) in [6, 6.07) is 12.2. The molecule has 0 bridgehead atoms. The second-order valence-electron chi connectivity index (χ2n) is 6.72. The van der Waals surface area contributed by atoms with Gasteiger partial charge in [-0.05, 0) is 36.6 Å². The number of hydrogen-bond acceptors (Lipinski definition) is 4. The number of H-pyrrole nitrogens is 1. The predicted octanol–water partition coefficient (Wildman–Crippen LogP) is 3.17.